The Bertz CT molecular complexity index is 473. The van der Waals surface area contributed by atoms with E-state index in [-0.39, 0.29) is 12.1 Å². The fourth-order valence-electron chi connectivity index (χ4n) is 2.88. The Morgan fingerprint density at radius 2 is 1.92 bits per heavy atom. The molecule has 1 aliphatic rings. The van der Waals surface area contributed by atoms with Crippen molar-refractivity contribution < 1.29 is 9.53 Å². The number of amides is 2. The number of urea groups is 1. The second-order valence-electron chi connectivity index (χ2n) is 6.81. The van der Waals surface area contributed by atoms with E-state index >= 15 is 0 Å². The largest absolute Gasteiger partial charge is 0.379 e. The van der Waals surface area contributed by atoms with Gasteiger partial charge in [0.1, 0.15) is 0 Å². The van der Waals surface area contributed by atoms with Gasteiger partial charge in [-0.2, -0.15) is 0 Å². The van der Waals surface area contributed by atoms with Gasteiger partial charge in [0.15, 0.2) is 0 Å². The van der Waals surface area contributed by atoms with E-state index < -0.39 is 0 Å². The van der Waals surface area contributed by atoms with Crippen molar-refractivity contribution in [2.75, 3.05) is 39.4 Å². The van der Waals surface area contributed by atoms with Gasteiger partial charge in [-0.3, -0.25) is 4.90 Å². The van der Waals surface area contributed by atoms with Gasteiger partial charge in [0.2, 0.25) is 0 Å². The molecule has 0 radical (unpaired) electrons. The SMILES string of the molecule is CC(C)CCCNC(=O)NC(CN1CCOCC1)c1ccccc1. The number of ether oxygens (including phenoxy) is 1. The van der Waals surface area contributed by atoms with Crippen molar-refractivity contribution in [1.29, 1.82) is 0 Å². The van der Waals surface area contributed by atoms with Crippen LogP contribution in [0.25, 0.3) is 0 Å². The molecule has 134 valence electrons. The molecule has 1 saturated heterocycles. The standard InChI is InChI=1S/C19H31N3O2/c1-16(2)7-6-10-20-19(23)21-18(17-8-4-3-5-9-17)15-22-11-13-24-14-12-22/h3-5,8-9,16,18H,6-7,10-15H2,1-2H3,(H2,20,21,23). The van der Waals surface area contributed by atoms with Crippen molar-refractivity contribution >= 4 is 6.03 Å². The molecule has 1 heterocycles. The third-order valence-electron chi connectivity index (χ3n) is 4.30. The molecule has 0 aliphatic carbocycles. The number of carbonyl (C=O) groups excluding carboxylic acids is 1. The van der Waals surface area contributed by atoms with Crippen LogP contribution in [0.1, 0.15) is 38.3 Å². The minimum atomic E-state index is -0.0825. The van der Waals surface area contributed by atoms with Crippen LogP contribution in [0.15, 0.2) is 30.3 Å². The quantitative estimate of drug-likeness (QED) is 0.719. The monoisotopic (exact) mass is 333 g/mol. The Morgan fingerprint density at radius 3 is 2.58 bits per heavy atom. The molecule has 1 fully saturated rings. The predicted molar refractivity (Wildman–Crippen MR) is 97.0 cm³/mol. The second-order valence-corrected chi connectivity index (χ2v) is 6.81. The Balaban J connectivity index is 1.86. The molecule has 0 spiro atoms. The van der Waals surface area contributed by atoms with E-state index in [1.807, 2.05) is 18.2 Å². The molecule has 0 saturated carbocycles. The lowest BCUT2D eigenvalue weighted by atomic mass is 10.1. The molecule has 1 aliphatic heterocycles. The summed E-state index contributed by atoms with van der Waals surface area (Å²) in [5, 5.41) is 6.12. The van der Waals surface area contributed by atoms with Crippen LogP contribution in [0.2, 0.25) is 0 Å². The van der Waals surface area contributed by atoms with Crippen LogP contribution in [0.5, 0.6) is 0 Å². The Morgan fingerprint density at radius 1 is 1.21 bits per heavy atom. The lowest BCUT2D eigenvalue weighted by molar-refractivity contribution is 0.0340. The highest BCUT2D eigenvalue weighted by molar-refractivity contribution is 5.74. The summed E-state index contributed by atoms with van der Waals surface area (Å²) in [5.41, 5.74) is 1.14. The van der Waals surface area contributed by atoms with Crippen molar-refractivity contribution in [2.24, 2.45) is 5.92 Å². The third-order valence-corrected chi connectivity index (χ3v) is 4.30. The smallest absolute Gasteiger partial charge is 0.315 e. The van der Waals surface area contributed by atoms with Crippen molar-refractivity contribution in [3.8, 4) is 0 Å². The van der Waals surface area contributed by atoms with Crippen LogP contribution < -0.4 is 10.6 Å². The van der Waals surface area contributed by atoms with Crippen LogP contribution in [0.4, 0.5) is 4.79 Å². The van der Waals surface area contributed by atoms with E-state index in [9.17, 15) is 4.79 Å². The van der Waals surface area contributed by atoms with Gasteiger partial charge in [0, 0.05) is 26.2 Å². The van der Waals surface area contributed by atoms with E-state index in [1.54, 1.807) is 0 Å². The molecular formula is C19H31N3O2. The summed E-state index contributed by atoms with van der Waals surface area (Å²) in [6.07, 6.45) is 2.15. The van der Waals surface area contributed by atoms with Gasteiger partial charge in [-0.05, 0) is 24.3 Å². The van der Waals surface area contributed by atoms with E-state index in [2.05, 4.69) is 41.5 Å². The first kappa shape index (κ1) is 18.7. The first-order valence-corrected chi connectivity index (χ1v) is 9.04. The van der Waals surface area contributed by atoms with Gasteiger partial charge < -0.3 is 15.4 Å². The van der Waals surface area contributed by atoms with Crippen LogP contribution in [-0.2, 0) is 4.74 Å². The summed E-state index contributed by atoms with van der Waals surface area (Å²) in [5.74, 6) is 0.674. The molecule has 1 atom stereocenters. The van der Waals surface area contributed by atoms with Crippen molar-refractivity contribution in [3.05, 3.63) is 35.9 Å². The molecule has 5 nitrogen and oxygen atoms in total. The van der Waals surface area contributed by atoms with Crippen molar-refractivity contribution in [2.45, 2.75) is 32.7 Å². The molecule has 2 N–H and O–H groups in total. The van der Waals surface area contributed by atoms with E-state index in [0.717, 1.165) is 57.8 Å². The minimum absolute atomic E-state index is 0.00519. The molecule has 1 aromatic carbocycles. The fraction of sp³-hybridized carbons (Fsp3) is 0.632. The number of carbonyl (C=O) groups is 1. The number of morpholine rings is 1. The average Bonchev–Trinajstić information content (AvgIpc) is 2.60. The summed E-state index contributed by atoms with van der Waals surface area (Å²) in [6.45, 7) is 9.31. The molecule has 2 rings (SSSR count). The zero-order chi connectivity index (χ0) is 17.2. The predicted octanol–water partition coefficient (Wildman–Crippen LogP) is 2.80. The Kier molecular flexibility index (Phi) is 8.05. The highest BCUT2D eigenvalue weighted by atomic mass is 16.5. The fourth-order valence-corrected chi connectivity index (χ4v) is 2.88. The Hall–Kier alpha value is -1.59. The normalized spacial score (nSPS) is 16.8. The summed E-state index contributed by atoms with van der Waals surface area (Å²) >= 11 is 0. The number of nitrogens with one attached hydrogen (secondary N) is 2. The van der Waals surface area contributed by atoms with Gasteiger partial charge in [-0.1, -0.05) is 44.2 Å². The number of rotatable bonds is 8. The average molecular weight is 333 g/mol. The first-order valence-electron chi connectivity index (χ1n) is 9.04. The maximum Gasteiger partial charge on any atom is 0.315 e. The third kappa shape index (κ3) is 6.89. The number of benzene rings is 1. The van der Waals surface area contributed by atoms with Crippen LogP contribution in [-0.4, -0.2) is 50.3 Å². The van der Waals surface area contributed by atoms with Gasteiger partial charge in [-0.15, -0.1) is 0 Å². The van der Waals surface area contributed by atoms with Crippen molar-refractivity contribution in [3.63, 3.8) is 0 Å². The van der Waals surface area contributed by atoms with Gasteiger partial charge in [0.25, 0.3) is 0 Å². The molecule has 1 unspecified atom stereocenters. The molecule has 2 amide bonds. The first-order chi connectivity index (χ1) is 11.6. The minimum Gasteiger partial charge on any atom is -0.379 e. The number of hydrogen-bond donors (Lipinski definition) is 2. The second kappa shape index (κ2) is 10.3. The number of hydrogen-bond acceptors (Lipinski definition) is 3. The maximum atomic E-state index is 12.2. The number of nitrogens with zero attached hydrogens (tertiary/aromatic N) is 1. The zero-order valence-corrected chi connectivity index (χ0v) is 15.0. The molecule has 0 aromatic heterocycles. The van der Waals surface area contributed by atoms with E-state index in [0.29, 0.717) is 5.92 Å². The summed E-state index contributed by atoms with van der Waals surface area (Å²) < 4.78 is 5.41. The highest BCUT2D eigenvalue weighted by Crippen LogP contribution is 2.15. The van der Waals surface area contributed by atoms with Crippen LogP contribution >= 0.6 is 0 Å². The summed E-state index contributed by atoms with van der Waals surface area (Å²) in [7, 11) is 0. The van der Waals surface area contributed by atoms with Crippen molar-refractivity contribution in [1.82, 2.24) is 15.5 Å². The molecule has 1 aromatic rings. The molecular weight excluding hydrogens is 302 g/mol. The van der Waals surface area contributed by atoms with E-state index in [1.165, 1.54) is 0 Å². The van der Waals surface area contributed by atoms with Gasteiger partial charge in [0.05, 0.1) is 19.3 Å². The molecule has 0 bridgehead atoms. The summed E-state index contributed by atoms with van der Waals surface area (Å²) in [6, 6.07) is 10.1. The molecule has 24 heavy (non-hydrogen) atoms. The topological polar surface area (TPSA) is 53.6 Å². The zero-order valence-electron chi connectivity index (χ0n) is 15.0. The summed E-state index contributed by atoms with van der Waals surface area (Å²) in [4.78, 5) is 14.6. The van der Waals surface area contributed by atoms with E-state index in [4.69, 9.17) is 4.74 Å². The van der Waals surface area contributed by atoms with Gasteiger partial charge in [-0.25, -0.2) is 4.79 Å². The van der Waals surface area contributed by atoms with Gasteiger partial charge >= 0.3 is 6.03 Å². The lowest BCUT2D eigenvalue weighted by Gasteiger charge is -2.31. The molecule has 5 heteroatoms. The highest BCUT2D eigenvalue weighted by Gasteiger charge is 2.19. The van der Waals surface area contributed by atoms with Crippen LogP contribution in [0.3, 0.4) is 0 Å². The Labute approximate surface area is 145 Å². The van der Waals surface area contributed by atoms with Crippen LogP contribution in [0, 0.1) is 5.92 Å². The lowest BCUT2D eigenvalue weighted by Crippen LogP contribution is -2.45. The maximum absolute atomic E-state index is 12.2.